The van der Waals surface area contributed by atoms with E-state index in [1.807, 2.05) is 0 Å². The van der Waals surface area contributed by atoms with Crippen LogP contribution in [0.15, 0.2) is 0 Å². The van der Waals surface area contributed by atoms with E-state index in [0.29, 0.717) is 0 Å². The van der Waals surface area contributed by atoms with Crippen LogP contribution in [0.5, 0.6) is 0 Å². The fourth-order valence-corrected chi connectivity index (χ4v) is 3.09. The molecule has 0 aromatic rings. The number of rotatable bonds is 3. The van der Waals surface area contributed by atoms with Gasteiger partial charge in [-0.05, 0) is 50.4 Å². The van der Waals surface area contributed by atoms with Crippen molar-refractivity contribution in [3.05, 3.63) is 0 Å². The fraction of sp³-hybridized carbons (Fsp3) is 1.00. The first-order chi connectivity index (χ1) is 6.53. The Morgan fingerprint density at radius 3 is 2.29 bits per heavy atom. The first kappa shape index (κ1) is 10.5. The summed E-state index contributed by atoms with van der Waals surface area (Å²) >= 11 is 0. The molecular formula is C13H25N. The summed E-state index contributed by atoms with van der Waals surface area (Å²) in [6.07, 6.45) is 4.46. The Hall–Kier alpha value is -0.0400. The Balaban J connectivity index is 1.97. The van der Waals surface area contributed by atoms with Gasteiger partial charge in [-0.1, -0.05) is 13.8 Å². The minimum atomic E-state index is 0.754. The highest BCUT2D eigenvalue weighted by molar-refractivity contribution is 5.06. The van der Waals surface area contributed by atoms with Crippen molar-refractivity contribution in [2.24, 2.45) is 17.3 Å². The molecule has 1 heterocycles. The molecule has 0 radical (unpaired) electrons. The molecule has 0 aromatic heterocycles. The average Bonchev–Trinajstić information content (AvgIpc) is 2.72. The van der Waals surface area contributed by atoms with Crippen molar-refractivity contribution in [3.63, 3.8) is 0 Å². The average molecular weight is 195 g/mol. The van der Waals surface area contributed by atoms with Crippen LogP contribution < -0.4 is 0 Å². The number of likely N-dealkylation sites (tertiary alicyclic amines) is 1. The third-order valence-corrected chi connectivity index (χ3v) is 4.22. The maximum atomic E-state index is 2.69. The summed E-state index contributed by atoms with van der Waals surface area (Å²) in [4.78, 5) is 2.69. The van der Waals surface area contributed by atoms with Crippen molar-refractivity contribution in [2.45, 2.75) is 53.0 Å². The first-order valence-corrected chi connectivity index (χ1v) is 6.27. The highest BCUT2D eigenvalue weighted by Crippen LogP contribution is 2.58. The van der Waals surface area contributed by atoms with Gasteiger partial charge >= 0.3 is 0 Å². The van der Waals surface area contributed by atoms with Crippen LogP contribution in [0, 0.1) is 17.3 Å². The molecule has 2 rings (SSSR count). The Morgan fingerprint density at radius 2 is 1.86 bits per heavy atom. The van der Waals surface area contributed by atoms with Crippen molar-refractivity contribution in [1.29, 1.82) is 0 Å². The summed E-state index contributed by atoms with van der Waals surface area (Å²) in [6, 6.07) is 0.754. The van der Waals surface area contributed by atoms with Crippen LogP contribution in [-0.4, -0.2) is 24.0 Å². The monoisotopic (exact) mass is 195 g/mol. The molecule has 2 aliphatic rings. The second-order valence-corrected chi connectivity index (χ2v) is 6.21. The largest absolute Gasteiger partial charge is 0.300 e. The smallest absolute Gasteiger partial charge is 0.00439 e. The summed E-state index contributed by atoms with van der Waals surface area (Å²) in [7, 11) is 0. The molecule has 1 aliphatic heterocycles. The SMILES string of the molecule is CC(C)CC1CN(C(C)C)CC12CC2. The maximum absolute atomic E-state index is 2.69. The van der Waals surface area contributed by atoms with Crippen molar-refractivity contribution >= 4 is 0 Å². The van der Waals surface area contributed by atoms with Crippen LogP contribution in [0.1, 0.15) is 47.0 Å². The molecule has 1 saturated carbocycles. The molecule has 0 bridgehead atoms. The van der Waals surface area contributed by atoms with E-state index in [4.69, 9.17) is 0 Å². The van der Waals surface area contributed by atoms with Crippen LogP contribution in [0.3, 0.4) is 0 Å². The maximum Gasteiger partial charge on any atom is 0.00439 e. The van der Waals surface area contributed by atoms with Crippen LogP contribution in [-0.2, 0) is 0 Å². The van der Waals surface area contributed by atoms with Gasteiger partial charge in [0.25, 0.3) is 0 Å². The molecule has 0 amide bonds. The lowest BCUT2D eigenvalue weighted by Gasteiger charge is -2.20. The summed E-state index contributed by atoms with van der Waals surface area (Å²) in [5.41, 5.74) is 0.772. The first-order valence-electron chi connectivity index (χ1n) is 6.27. The normalized spacial score (nSPS) is 30.9. The Labute approximate surface area is 88.9 Å². The molecule has 1 spiro atoms. The number of nitrogens with zero attached hydrogens (tertiary/aromatic N) is 1. The molecule has 0 N–H and O–H groups in total. The third-order valence-electron chi connectivity index (χ3n) is 4.22. The van der Waals surface area contributed by atoms with Crippen LogP contribution in [0.25, 0.3) is 0 Å². The van der Waals surface area contributed by atoms with E-state index in [9.17, 15) is 0 Å². The van der Waals surface area contributed by atoms with Gasteiger partial charge in [0.15, 0.2) is 0 Å². The third kappa shape index (κ3) is 1.84. The van der Waals surface area contributed by atoms with Crippen molar-refractivity contribution in [1.82, 2.24) is 4.90 Å². The van der Waals surface area contributed by atoms with Crippen LogP contribution in [0.4, 0.5) is 0 Å². The molecule has 2 fully saturated rings. The topological polar surface area (TPSA) is 3.24 Å². The molecular weight excluding hydrogens is 170 g/mol. The predicted octanol–water partition coefficient (Wildman–Crippen LogP) is 3.15. The van der Waals surface area contributed by atoms with Crippen molar-refractivity contribution in [2.75, 3.05) is 13.1 Å². The highest BCUT2D eigenvalue weighted by atomic mass is 15.2. The van der Waals surface area contributed by atoms with Crippen LogP contribution >= 0.6 is 0 Å². The lowest BCUT2D eigenvalue weighted by atomic mass is 9.86. The quantitative estimate of drug-likeness (QED) is 0.668. The van der Waals surface area contributed by atoms with Gasteiger partial charge in [0.1, 0.15) is 0 Å². The Morgan fingerprint density at radius 1 is 1.21 bits per heavy atom. The lowest BCUT2D eigenvalue weighted by Crippen LogP contribution is -2.28. The van der Waals surface area contributed by atoms with E-state index < -0.39 is 0 Å². The van der Waals surface area contributed by atoms with Gasteiger partial charge < -0.3 is 4.90 Å². The summed E-state index contributed by atoms with van der Waals surface area (Å²) in [6.45, 7) is 12.2. The summed E-state index contributed by atoms with van der Waals surface area (Å²) in [5, 5.41) is 0. The summed E-state index contributed by atoms with van der Waals surface area (Å²) in [5.74, 6) is 1.88. The molecule has 1 nitrogen and oxygen atoms in total. The number of hydrogen-bond acceptors (Lipinski definition) is 1. The van der Waals surface area contributed by atoms with E-state index in [1.165, 1.54) is 32.4 Å². The van der Waals surface area contributed by atoms with Crippen LogP contribution in [0.2, 0.25) is 0 Å². The Bertz CT molecular complexity index is 203. The van der Waals surface area contributed by atoms with Gasteiger partial charge in [0, 0.05) is 19.1 Å². The molecule has 14 heavy (non-hydrogen) atoms. The highest BCUT2D eigenvalue weighted by Gasteiger charge is 2.54. The second-order valence-electron chi connectivity index (χ2n) is 6.21. The van der Waals surface area contributed by atoms with E-state index in [1.54, 1.807) is 0 Å². The van der Waals surface area contributed by atoms with E-state index in [-0.39, 0.29) is 0 Å². The molecule has 1 aliphatic carbocycles. The van der Waals surface area contributed by atoms with Gasteiger partial charge in [0.2, 0.25) is 0 Å². The molecule has 82 valence electrons. The zero-order chi connectivity index (χ0) is 10.3. The Kier molecular flexibility index (Phi) is 2.63. The minimum absolute atomic E-state index is 0.754. The lowest BCUT2D eigenvalue weighted by molar-refractivity contribution is 0.257. The molecule has 1 unspecified atom stereocenters. The van der Waals surface area contributed by atoms with E-state index in [2.05, 4.69) is 32.6 Å². The predicted molar refractivity (Wildman–Crippen MR) is 61.3 cm³/mol. The van der Waals surface area contributed by atoms with Gasteiger partial charge in [0.05, 0.1) is 0 Å². The van der Waals surface area contributed by atoms with Gasteiger partial charge in [-0.15, -0.1) is 0 Å². The summed E-state index contributed by atoms with van der Waals surface area (Å²) < 4.78 is 0. The van der Waals surface area contributed by atoms with Gasteiger partial charge in [-0.25, -0.2) is 0 Å². The van der Waals surface area contributed by atoms with Crippen molar-refractivity contribution < 1.29 is 0 Å². The molecule has 0 aromatic carbocycles. The molecule has 1 heteroatoms. The molecule has 1 saturated heterocycles. The van der Waals surface area contributed by atoms with E-state index >= 15 is 0 Å². The zero-order valence-corrected chi connectivity index (χ0v) is 10.2. The standard InChI is InChI=1S/C13H25N/c1-10(2)7-12-8-14(11(3)4)9-13(12)5-6-13/h10-12H,5-9H2,1-4H3. The van der Waals surface area contributed by atoms with Gasteiger partial charge in [-0.3, -0.25) is 0 Å². The van der Waals surface area contributed by atoms with Gasteiger partial charge in [-0.2, -0.15) is 0 Å². The zero-order valence-electron chi connectivity index (χ0n) is 10.2. The minimum Gasteiger partial charge on any atom is -0.300 e. The van der Waals surface area contributed by atoms with Crippen molar-refractivity contribution in [3.8, 4) is 0 Å². The fourth-order valence-electron chi connectivity index (χ4n) is 3.09. The van der Waals surface area contributed by atoms with E-state index in [0.717, 1.165) is 23.3 Å². The second kappa shape index (κ2) is 3.52. The molecule has 1 atom stereocenters. The number of hydrogen-bond donors (Lipinski definition) is 0.